The van der Waals surface area contributed by atoms with E-state index in [0.717, 1.165) is 50.0 Å². The summed E-state index contributed by atoms with van der Waals surface area (Å²) < 4.78 is 4.56. The van der Waals surface area contributed by atoms with Crippen LogP contribution in [0.1, 0.15) is 73.1 Å². The Morgan fingerprint density at radius 2 is 1.79 bits per heavy atom. The van der Waals surface area contributed by atoms with E-state index in [1.54, 1.807) is 0 Å². The molecule has 3 heterocycles. The molecule has 1 atom stereocenters. The van der Waals surface area contributed by atoms with Crippen LogP contribution in [0.2, 0.25) is 0 Å². The SMILES string of the molecule is CC(C)(C)C(=O)C1CCN(Cc2nsc(NC[C@@H]3CCCN3C(C)(C)C)n2)CC1. The molecule has 0 amide bonds. The molecule has 0 aliphatic carbocycles. The van der Waals surface area contributed by atoms with Gasteiger partial charge in [0.25, 0.3) is 0 Å². The molecule has 0 spiro atoms. The second-order valence-corrected chi connectivity index (χ2v) is 11.5. The first-order valence-corrected chi connectivity index (χ1v) is 11.9. The number of anilines is 1. The summed E-state index contributed by atoms with van der Waals surface area (Å²) in [7, 11) is 0. The molecule has 29 heavy (non-hydrogen) atoms. The molecular formula is C22H39N5OS. The fourth-order valence-electron chi connectivity index (χ4n) is 4.69. The van der Waals surface area contributed by atoms with Gasteiger partial charge in [-0.05, 0) is 66.1 Å². The number of piperidine rings is 1. The Labute approximate surface area is 180 Å². The molecule has 1 aromatic heterocycles. The largest absolute Gasteiger partial charge is 0.359 e. The van der Waals surface area contributed by atoms with E-state index in [1.165, 1.54) is 30.9 Å². The molecular weight excluding hydrogens is 382 g/mol. The maximum absolute atomic E-state index is 12.5. The van der Waals surface area contributed by atoms with Gasteiger partial charge >= 0.3 is 0 Å². The number of rotatable bonds is 6. The van der Waals surface area contributed by atoms with Gasteiger partial charge < -0.3 is 5.32 Å². The van der Waals surface area contributed by atoms with Gasteiger partial charge in [-0.1, -0.05) is 20.8 Å². The van der Waals surface area contributed by atoms with E-state index in [1.807, 2.05) is 20.8 Å². The lowest BCUT2D eigenvalue weighted by Gasteiger charge is -2.37. The summed E-state index contributed by atoms with van der Waals surface area (Å²) in [6.45, 7) is 17.8. The van der Waals surface area contributed by atoms with Gasteiger partial charge in [-0.15, -0.1) is 0 Å². The van der Waals surface area contributed by atoms with Gasteiger partial charge in [0, 0.05) is 41.0 Å². The van der Waals surface area contributed by atoms with Gasteiger partial charge in [-0.3, -0.25) is 14.6 Å². The van der Waals surface area contributed by atoms with Crippen LogP contribution in [0.4, 0.5) is 5.13 Å². The number of nitrogens with zero attached hydrogens (tertiary/aromatic N) is 4. The van der Waals surface area contributed by atoms with E-state index in [0.29, 0.717) is 11.8 Å². The number of hydrogen-bond acceptors (Lipinski definition) is 7. The molecule has 0 bridgehead atoms. The second-order valence-electron chi connectivity index (χ2n) is 10.7. The fraction of sp³-hybridized carbons (Fsp3) is 0.864. The summed E-state index contributed by atoms with van der Waals surface area (Å²) in [6.07, 6.45) is 4.43. The minimum Gasteiger partial charge on any atom is -0.359 e. The minimum atomic E-state index is -0.230. The number of Topliss-reactive ketones (excluding diaryl/α,β-unsaturated/α-hetero) is 1. The average Bonchev–Trinajstić information content (AvgIpc) is 3.28. The first-order chi connectivity index (χ1) is 13.5. The molecule has 6 nitrogen and oxygen atoms in total. The highest BCUT2D eigenvalue weighted by Gasteiger charge is 2.33. The van der Waals surface area contributed by atoms with Gasteiger partial charge in [0.05, 0.1) is 6.54 Å². The lowest BCUT2D eigenvalue weighted by molar-refractivity contribution is -0.131. The van der Waals surface area contributed by atoms with Crippen molar-refractivity contribution >= 4 is 22.4 Å². The third-order valence-corrected chi connectivity index (χ3v) is 6.97. The molecule has 2 fully saturated rings. The standard InChI is InChI=1S/C22H39N5OS/c1-21(2,3)19(28)16-9-12-26(13-10-16)15-18-24-20(29-25-18)23-14-17-8-7-11-27(17)22(4,5)6/h16-17H,7-15H2,1-6H3,(H,23,24,25)/t17-/m0/s1. The number of nitrogens with one attached hydrogen (secondary N) is 1. The lowest BCUT2D eigenvalue weighted by Crippen LogP contribution is -2.47. The molecule has 0 unspecified atom stereocenters. The zero-order valence-electron chi connectivity index (χ0n) is 19.1. The highest BCUT2D eigenvalue weighted by atomic mass is 32.1. The van der Waals surface area contributed by atoms with Crippen LogP contribution < -0.4 is 5.32 Å². The van der Waals surface area contributed by atoms with Crippen molar-refractivity contribution in [3.63, 3.8) is 0 Å². The molecule has 1 N–H and O–H groups in total. The van der Waals surface area contributed by atoms with Crippen molar-refractivity contribution in [2.24, 2.45) is 11.3 Å². The Morgan fingerprint density at radius 1 is 1.10 bits per heavy atom. The third-order valence-electron chi connectivity index (χ3n) is 6.26. The van der Waals surface area contributed by atoms with Crippen LogP contribution in [0, 0.1) is 11.3 Å². The van der Waals surface area contributed by atoms with Crippen LogP contribution in [0.25, 0.3) is 0 Å². The van der Waals surface area contributed by atoms with Gasteiger partial charge in [-0.25, -0.2) is 4.98 Å². The van der Waals surface area contributed by atoms with Crippen molar-refractivity contribution in [1.82, 2.24) is 19.2 Å². The molecule has 2 aliphatic heterocycles. The Kier molecular flexibility index (Phi) is 7.01. The van der Waals surface area contributed by atoms with Crippen molar-refractivity contribution in [2.45, 2.75) is 85.4 Å². The Bertz CT molecular complexity index is 682. The summed E-state index contributed by atoms with van der Waals surface area (Å²) in [5.41, 5.74) is -0.0125. The number of carbonyl (C=O) groups excluding carboxylic acids is 1. The molecule has 3 rings (SSSR count). The monoisotopic (exact) mass is 421 g/mol. The van der Waals surface area contributed by atoms with Gasteiger partial charge in [-0.2, -0.15) is 4.37 Å². The average molecular weight is 422 g/mol. The molecule has 0 radical (unpaired) electrons. The first-order valence-electron chi connectivity index (χ1n) is 11.1. The van der Waals surface area contributed by atoms with Crippen molar-refractivity contribution in [1.29, 1.82) is 0 Å². The molecule has 2 saturated heterocycles. The van der Waals surface area contributed by atoms with Crippen molar-refractivity contribution < 1.29 is 4.79 Å². The highest BCUT2D eigenvalue weighted by molar-refractivity contribution is 7.09. The van der Waals surface area contributed by atoms with Crippen LogP contribution >= 0.6 is 11.5 Å². The van der Waals surface area contributed by atoms with E-state index in [9.17, 15) is 4.79 Å². The number of likely N-dealkylation sites (tertiary alicyclic amines) is 2. The van der Waals surface area contributed by atoms with Gasteiger partial charge in [0.2, 0.25) is 5.13 Å². The van der Waals surface area contributed by atoms with Crippen LogP contribution in [-0.2, 0) is 11.3 Å². The van der Waals surface area contributed by atoms with Gasteiger partial charge in [0.15, 0.2) is 5.82 Å². The maximum atomic E-state index is 12.5. The lowest BCUT2D eigenvalue weighted by atomic mass is 9.79. The number of ketones is 1. The van der Waals surface area contributed by atoms with Crippen molar-refractivity contribution in [3.05, 3.63) is 5.82 Å². The fourth-order valence-corrected chi connectivity index (χ4v) is 5.28. The van der Waals surface area contributed by atoms with Crippen LogP contribution in [0.5, 0.6) is 0 Å². The molecule has 7 heteroatoms. The van der Waals surface area contributed by atoms with Gasteiger partial charge in [0.1, 0.15) is 5.78 Å². The van der Waals surface area contributed by atoms with E-state index < -0.39 is 0 Å². The highest BCUT2D eigenvalue weighted by Crippen LogP contribution is 2.29. The predicted octanol–water partition coefficient (Wildman–Crippen LogP) is 4.04. The molecule has 2 aliphatic rings. The van der Waals surface area contributed by atoms with Crippen LogP contribution in [-0.4, -0.2) is 62.7 Å². The summed E-state index contributed by atoms with van der Waals surface area (Å²) in [5.74, 6) is 1.52. The van der Waals surface area contributed by atoms with Crippen LogP contribution in [0.3, 0.4) is 0 Å². The molecule has 164 valence electrons. The predicted molar refractivity (Wildman–Crippen MR) is 120 cm³/mol. The molecule has 0 aromatic carbocycles. The minimum absolute atomic E-state index is 0.212. The zero-order chi connectivity index (χ0) is 21.2. The van der Waals surface area contributed by atoms with Crippen LogP contribution in [0.15, 0.2) is 0 Å². The van der Waals surface area contributed by atoms with E-state index >= 15 is 0 Å². The zero-order valence-corrected chi connectivity index (χ0v) is 19.9. The first kappa shape index (κ1) is 22.6. The Morgan fingerprint density at radius 3 is 2.41 bits per heavy atom. The number of aromatic nitrogens is 2. The van der Waals surface area contributed by atoms with Crippen molar-refractivity contribution in [3.8, 4) is 0 Å². The quantitative estimate of drug-likeness (QED) is 0.748. The summed E-state index contributed by atoms with van der Waals surface area (Å²) in [6, 6.07) is 0.571. The Balaban J connectivity index is 1.45. The maximum Gasteiger partial charge on any atom is 0.202 e. The van der Waals surface area contributed by atoms with E-state index in [4.69, 9.17) is 4.98 Å². The van der Waals surface area contributed by atoms with E-state index in [2.05, 4.69) is 40.3 Å². The summed E-state index contributed by atoms with van der Waals surface area (Å²) in [5, 5.41) is 4.45. The normalized spacial score (nSPS) is 22.9. The smallest absolute Gasteiger partial charge is 0.202 e. The van der Waals surface area contributed by atoms with Crippen molar-refractivity contribution in [2.75, 3.05) is 31.5 Å². The number of hydrogen-bond donors (Lipinski definition) is 1. The number of carbonyl (C=O) groups is 1. The molecule has 0 saturated carbocycles. The summed E-state index contributed by atoms with van der Waals surface area (Å²) in [4.78, 5) is 22.2. The third kappa shape index (κ3) is 5.98. The Hall–Kier alpha value is -1.05. The van der Waals surface area contributed by atoms with E-state index in [-0.39, 0.29) is 16.9 Å². The summed E-state index contributed by atoms with van der Waals surface area (Å²) >= 11 is 1.47. The topological polar surface area (TPSA) is 61.4 Å². The second kappa shape index (κ2) is 8.98. The molecule has 1 aromatic rings.